The number of nitrogens with zero attached hydrogens (tertiary/aromatic N) is 1. The van der Waals surface area contributed by atoms with Gasteiger partial charge in [0.1, 0.15) is 0 Å². The Kier molecular flexibility index (Phi) is 6.00. The molecule has 2 aromatic rings. The molecule has 24 heavy (non-hydrogen) atoms. The molecule has 0 aromatic heterocycles. The van der Waals surface area contributed by atoms with Crippen LogP contribution in [0.1, 0.15) is 42.9 Å². The standard InChI is InChI=1S/C22H25NO/c24-23(18-20-12-6-2-7-13-20)22(21-14-8-3-9-15-21)17-16-19-10-4-1-5-11-19/h2-3,6-10,12-17,22,24H,1,4-5,11,18H2/b17-16+. The summed E-state index contributed by atoms with van der Waals surface area (Å²) >= 11 is 0. The molecule has 0 heterocycles. The van der Waals surface area contributed by atoms with Gasteiger partial charge in [-0.05, 0) is 36.8 Å². The summed E-state index contributed by atoms with van der Waals surface area (Å²) < 4.78 is 0. The highest BCUT2D eigenvalue weighted by molar-refractivity contribution is 5.28. The minimum atomic E-state index is -0.144. The van der Waals surface area contributed by atoms with Gasteiger partial charge in [0.2, 0.25) is 0 Å². The molecule has 0 saturated carbocycles. The molecule has 1 aliphatic rings. The average Bonchev–Trinajstić information content (AvgIpc) is 2.64. The Morgan fingerprint density at radius 1 is 0.958 bits per heavy atom. The van der Waals surface area contributed by atoms with Crippen molar-refractivity contribution in [3.8, 4) is 0 Å². The third-order valence-corrected chi connectivity index (χ3v) is 4.47. The van der Waals surface area contributed by atoms with Gasteiger partial charge >= 0.3 is 0 Å². The summed E-state index contributed by atoms with van der Waals surface area (Å²) in [4.78, 5) is 0. The molecule has 2 nitrogen and oxygen atoms in total. The van der Waals surface area contributed by atoms with Crippen molar-refractivity contribution in [3.63, 3.8) is 0 Å². The smallest absolute Gasteiger partial charge is 0.0787 e. The molecule has 1 atom stereocenters. The third kappa shape index (κ3) is 4.67. The monoisotopic (exact) mass is 319 g/mol. The summed E-state index contributed by atoms with van der Waals surface area (Å²) in [7, 11) is 0. The molecule has 0 aliphatic heterocycles. The van der Waals surface area contributed by atoms with Gasteiger partial charge in [-0.2, -0.15) is 5.06 Å². The fourth-order valence-electron chi connectivity index (χ4n) is 3.13. The molecule has 1 aliphatic carbocycles. The van der Waals surface area contributed by atoms with E-state index in [1.165, 1.54) is 29.9 Å². The van der Waals surface area contributed by atoms with Crippen LogP contribution in [0, 0.1) is 0 Å². The topological polar surface area (TPSA) is 23.5 Å². The normalized spacial score (nSPS) is 16.3. The van der Waals surface area contributed by atoms with Crippen molar-refractivity contribution >= 4 is 0 Å². The summed E-state index contributed by atoms with van der Waals surface area (Å²) in [6.07, 6.45) is 11.5. The van der Waals surface area contributed by atoms with E-state index in [4.69, 9.17) is 0 Å². The van der Waals surface area contributed by atoms with Gasteiger partial charge in [-0.1, -0.05) is 84.5 Å². The van der Waals surface area contributed by atoms with Crippen molar-refractivity contribution in [3.05, 3.63) is 95.6 Å². The lowest BCUT2D eigenvalue weighted by atomic mass is 9.97. The zero-order valence-corrected chi connectivity index (χ0v) is 14.0. The van der Waals surface area contributed by atoms with Crippen molar-refractivity contribution < 1.29 is 5.21 Å². The predicted molar refractivity (Wildman–Crippen MR) is 98.6 cm³/mol. The van der Waals surface area contributed by atoms with Gasteiger partial charge in [0.25, 0.3) is 0 Å². The van der Waals surface area contributed by atoms with Crippen LogP contribution in [-0.4, -0.2) is 10.3 Å². The van der Waals surface area contributed by atoms with Gasteiger partial charge in [0, 0.05) is 6.54 Å². The van der Waals surface area contributed by atoms with Crippen LogP contribution < -0.4 is 0 Å². The molecule has 1 unspecified atom stereocenters. The number of hydroxylamine groups is 2. The van der Waals surface area contributed by atoms with Crippen LogP contribution >= 0.6 is 0 Å². The van der Waals surface area contributed by atoms with Crippen LogP contribution in [0.3, 0.4) is 0 Å². The summed E-state index contributed by atoms with van der Waals surface area (Å²) in [6.45, 7) is 0.504. The van der Waals surface area contributed by atoms with Crippen molar-refractivity contribution in [1.29, 1.82) is 0 Å². The number of hydrogen-bond donors (Lipinski definition) is 1. The van der Waals surface area contributed by atoms with E-state index in [0.717, 1.165) is 17.5 Å². The molecular weight excluding hydrogens is 294 g/mol. The first-order chi connectivity index (χ1) is 11.8. The van der Waals surface area contributed by atoms with Crippen molar-refractivity contribution in [2.75, 3.05) is 0 Å². The Morgan fingerprint density at radius 3 is 2.33 bits per heavy atom. The van der Waals surface area contributed by atoms with Crippen molar-refractivity contribution in [1.82, 2.24) is 5.06 Å². The second-order valence-corrected chi connectivity index (χ2v) is 6.32. The number of hydrogen-bond acceptors (Lipinski definition) is 2. The van der Waals surface area contributed by atoms with Gasteiger partial charge in [-0.15, -0.1) is 0 Å². The molecule has 2 aromatic carbocycles. The lowest BCUT2D eigenvalue weighted by molar-refractivity contribution is -0.123. The van der Waals surface area contributed by atoms with E-state index < -0.39 is 0 Å². The van der Waals surface area contributed by atoms with Crippen LogP contribution in [0.4, 0.5) is 0 Å². The molecular formula is C22H25NO. The molecule has 0 radical (unpaired) electrons. The van der Waals surface area contributed by atoms with Crippen molar-refractivity contribution in [2.24, 2.45) is 0 Å². The third-order valence-electron chi connectivity index (χ3n) is 4.47. The molecule has 1 N–H and O–H groups in total. The summed E-state index contributed by atoms with van der Waals surface area (Å²) in [5.74, 6) is 0. The van der Waals surface area contributed by atoms with Crippen LogP contribution in [-0.2, 0) is 6.54 Å². The first-order valence-corrected chi connectivity index (χ1v) is 8.74. The highest BCUT2D eigenvalue weighted by Gasteiger charge is 2.16. The fourth-order valence-corrected chi connectivity index (χ4v) is 3.13. The maximum Gasteiger partial charge on any atom is 0.0787 e. The highest BCUT2D eigenvalue weighted by atomic mass is 16.5. The van der Waals surface area contributed by atoms with E-state index in [2.05, 4.69) is 30.4 Å². The first-order valence-electron chi connectivity index (χ1n) is 8.74. The summed E-state index contributed by atoms with van der Waals surface area (Å²) in [5.41, 5.74) is 3.59. The summed E-state index contributed by atoms with van der Waals surface area (Å²) in [6, 6.07) is 20.1. The average molecular weight is 319 g/mol. The molecule has 2 heteroatoms. The minimum absolute atomic E-state index is 0.144. The largest absolute Gasteiger partial charge is 0.313 e. The van der Waals surface area contributed by atoms with Gasteiger partial charge in [-0.3, -0.25) is 0 Å². The first kappa shape index (κ1) is 16.7. The van der Waals surface area contributed by atoms with Crippen LogP contribution in [0.5, 0.6) is 0 Å². The second-order valence-electron chi connectivity index (χ2n) is 6.32. The maximum atomic E-state index is 10.7. The lowest BCUT2D eigenvalue weighted by Gasteiger charge is -2.24. The van der Waals surface area contributed by atoms with Crippen molar-refractivity contribution in [2.45, 2.75) is 38.3 Å². The van der Waals surface area contributed by atoms with Gasteiger partial charge in [-0.25, -0.2) is 0 Å². The highest BCUT2D eigenvalue weighted by Crippen LogP contribution is 2.25. The maximum absolute atomic E-state index is 10.7. The predicted octanol–water partition coefficient (Wildman–Crippen LogP) is 5.68. The van der Waals surface area contributed by atoms with Crippen LogP contribution in [0.25, 0.3) is 0 Å². The van der Waals surface area contributed by atoms with Gasteiger partial charge in [0.15, 0.2) is 0 Å². The van der Waals surface area contributed by atoms with E-state index in [0.29, 0.717) is 6.54 Å². The Balaban J connectivity index is 1.79. The zero-order valence-electron chi connectivity index (χ0n) is 14.0. The van der Waals surface area contributed by atoms with E-state index in [1.54, 1.807) is 0 Å². The quantitative estimate of drug-likeness (QED) is 0.693. The van der Waals surface area contributed by atoms with E-state index >= 15 is 0 Å². The number of allylic oxidation sites excluding steroid dienone is 3. The minimum Gasteiger partial charge on any atom is -0.313 e. The lowest BCUT2D eigenvalue weighted by Crippen LogP contribution is -2.23. The van der Waals surface area contributed by atoms with Gasteiger partial charge < -0.3 is 5.21 Å². The Labute approximate surface area is 144 Å². The van der Waals surface area contributed by atoms with E-state index in [9.17, 15) is 5.21 Å². The molecule has 0 fully saturated rings. The molecule has 0 saturated heterocycles. The zero-order chi connectivity index (χ0) is 16.6. The fraction of sp³-hybridized carbons (Fsp3) is 0.273. The SMILES string of the molecule is ON(Cc1ccccc1)C(/C=C/C1=CCCCC1)c1ccccc1. The van der Waals surface area contributed by atoms with Gasteiger partial charge in [0.05, 0.1) is 6.04 Å². The Hall–Kier alpha value is -2.16. The Morgan fingerprint density at radius 2 is 1.67 bits per heavy atom. The second kappa shape index (κ2) is 8.62. The Bertz CT molecular complexity index is 676. The van der Waals surface area contributed by atoms with Crippen LogP contribution in [0.2, 0.25) is 0 Å². The van der Waals surface area contributed by atoms with Crippen LogP contribution in [0.15, 0.2) is 84.5 Å². The summed E-state index contributed by atoms with van der Waals surface area (Å²) in [5, 5.41) is 12.1. The molecule has 0 bridgehead atoms. The molecule has 124 valence electrons. The molecule has 0 spiro atoms. The van der Waals surface area contributed by atoms with E-state index in [-0.39, 0.29) is 6.04 Å². The number of rotatable bonds is 6. The number of benzene rings is 2. The van der Waals surface area contributed by atoms with E-state index in [1.807, 2.05) is 48.5 Å². The molecule has 0 amide bonds. The molecule has 3 rings (SSSR count).